The lowest BCUT2D eigenvalue weighted by molar-refractivity contribution is -0.114. The third-order valence-corrected chi connectivity index (χ3v) is 14.9. The van der Waals surface area contributed by atoms with Gasteiger partial charge in [-0.2, -0.15) is 0 Å². The highest BCUT2D eigenvalue weighted by Gasteiger charge is 2.38. The Bertz CT molecular complexity index is 3150. The number of nitrogens with one attached hydrogen (secondary N) is 2. The van der Waals surface area contributed by atoms with Gasteiger partial charge in [-0.15, -0.1) is 20.4 Å². The number of nitrogens with zero attached hydrogens (tertiary/aromatic N) is 6. The predicted octanol–water partition coefficient (Wildman–Crippen LogP) is 13.1. The maximum absolute atomic E-state index is 13.6. The monoisotopic (exact) mass is 984 g/mol. The average Bonchev–Trinajstić information content (AvgIpc) is 4.12. The minimum absolute atomic E-state index is 0.0136. The number of amidine groups is 2. The lowest BCUT2D eigenvalue weighted by Crippen LogP contribution is -2.27. The van der Waals surface area contributed by atoms with E-state index in [1.54, 1.807) is 61.1 Å². The fourth-order valence-electron chi connectivity index (χ4n) is 7.07. The lowest BCUT2D eigenvalue weighted by Gasteiger charge is -2.09. The number of carbonyl (C=O) groups excluding carboxylic acids is 2. The number of halogens is 4. The van der Waals surface area contributed by atoms with Crippen LogP contribution in [0.5, 0.6) is 0 Å². The zero-order valence-electron chi connectivity index (χ0n) is 32.3. The molecular formula is C43H24Cl4N8O4S4. The smallest absolute Gasteiger partial charge is 0.273 e. The van der Waals surface area contributed by atoms with Gasteiger partial charge < -0.3 is 8.83 Å². The van der Waals surface area contributed by atoms with E-state index in [4.69, 9.17) is 66.1 Å². The molecule has 312 valence electrons. The van der Waals surface area contributed by atoms with Gasteiger partial charge in [0.2, 0.25) is 10.3 Å². The molecule has 6 heterocycles. The van der Waals surface area contributed by atoms with Gasteiger partial charge in [0, 0.05) is 30.9 Å². The van der Waals surface area contributed by atoms with Gasteiger partial charge in [0.05, 0.1) is 33.5 Å². The van der Waals surface area contributed by atoms with E-state index in [9.17, 15) is 9.59 Å². The van der Waals surface area contributed by atoms with Crippen molar-refractivity contribution in [1.82, 2.24) is 20.4 Å². The van der Waals surface area contributed by atoms with E-state index in [0.29, 0.717) is 79.8 Å². The van der Waals surface area contributed by atoms with Gasteiger partial charge in [-0.25, -0.2) is 9.80 Å². The Morgan fingerprint density at radius 1 is 0.619 bits per heavy atom. The molecule has 4 aromatic carbocycles. The number of amides is 2. The first-order chi connectivity index (χ1) is 30.3. The Kier molecular flexibility index (Phi) is 10.8. The minimum Gasteiger partial charge on any atom is -0.463 e. The number of benzene rings is 4. The van der Waals surface area contributed by atoms with E-state index >= 15 is 0 Å². The Morgan fingerprint density at radius 2 is 1.05 bits per heavy atom. The van der Waals surface area contributed by atoms with E-state index in [-0.39, 0.29) is 20.6 Å². The molecule has 12 nitrogen and oxygen atoms in total. The number of anilines is 2. The SMILES string of the molecule is Cc1coc2c(-c3nnc(N4C(=N)S/C(=C\c5ccc(Cl)cc5Cl)C4=O)s3)cc(Cc3cc(-c4nnc(N5C(=N)S/C(=C\c6ccc(Cl)cc6Cl)C5=O)s4)c4occ(C)c4c3)cc12. The number of furan rings is 2. The quantitative estimate of drug-likeness (QED) is 0.140. The van der Waals surface area contributed by atoms with Crippen LogP contribution in [0.4, 0.5) is 10.3 Å². The molecule has 0 unspecified atom stereocenters. The van der Waals surface area contributed by atoms with Crippen molar-refractivity contribution >= 4 is 159 Å². The molecule has 4 aromatic heterocycles. The standard InChI is InChI=1S/C43H24Cl4N8O4S4/c1-18-16-58-34-26(18)8-20(10-28(34)36-50-52-42(62-36)54-38(56)32(60-40(54)48)12-22-3-5-24(44)14-30(22)46)7-21-9-27-19(2)17-59-35(27)29(11-21)37-51-53-43(63-37)55-39(57)33(61-41(55)49)13-23-4-6-25(45)15-31(23)47/h3-6,8-17,48-49H,7H2,1-2H3/b32-12-,33-13-,48-40?,49-41?. The van der Waals surface area contributed by atoms with E-state index in [0.717, 1.165) is 56.6 Å². The zero-order valence-corrected chi connectivity index (χ0v) is 38.5. The molecule has 2 saturated heterocycles. The van der Waals surface area contributed by atoms with Crippen molar-refractivity contribution in [3.63, 3.8) is 0 Å². The maximum Gasteiger partial charge on any atom is 0.273 e. The van der Waals surface area contributed by atoms with Crippen LogP contribution >= 0.6 is 92.6 Å². The van der Waals surface area contributed by atoms with E-state index in [1.165, 1.54) is 32.5 Å². The molecule has 2 aliphatic rings. The molecule has 10 rings (SSSR count). The second kappa shape index (κ2) is 16.4. The summed E-state index contributed by atoms with van der Waals surface area (Å²) in [7, 11) is 0. The van der Waals surface area contributed by atoms with Gasteiger partial charge in [0.15, 0.2) is 20.4 Å². The average molecular weight is 987 g/mol. The molecule has 0 spiro atoms. The highest BCUT2D eigenvalue weighted by atomic mass is 35.5. The highest BCUT2D eigenvalue weighted by Crippen LogP contribution is 2.44. The van der Waals surface area contributed by atoms with Crippen LogP contribution in [0.3, 0.4) is 0 Å². The molecule has 2 aliphatic heterocycles. The Morgan fingerprint density at radius 3 is 1.46 bits per heavy atom. The zero-order chi connectivity index (χ0) is 43.8. The minimum atomic E-state index is -0.417. The van der Waals surface area contributed by atoms with E-state index < -0.39 is 11.8 Å². The molecule has 0 saturated carbocycles. The second-order valence-electron chi connectivity index (χ2n) is 14.3. The van der Waals surface area contributed by atoms with Gasteiger partial charge >= 0.3 is 0 Å². The van der Waals surface area contributed by atoms with Crippen LogP contribution < -0.4 is 9.80 Å². The normalized spacial score (nSPS) is 15.8. The van der Waals surface area contributed by atoms with Crippen molar-refractivity contribution < 1.29 is 18.4 Å². The highest BCUT2D eigenvalue weighted by molar-refractivity contribution is 8.19. The largest absolute Gasteiger partial charge is 0.463 e. The topological polar surface area (TPSA) is 166 Å². The summed E-state index contributed by atoms with van der Waals surface area (Å²) < 4.78 is 12.1. The summed E-state index contributed by atoms with van der Waals surface area (Å²) in [6.07, 6.45) is 7.13. The molecule has 2 fully saturated rings. The van der Waals surface area contributed by atoms with Gasteiger partial charge in [-0.05, 0) is 138 Å². The van der Waals surface area contributed by atoms with Gasteiger partial charge in [-0.1, -0.05) is 81.2 Å². The summed E-state index contributed by atoms with van der Waals surface area (Å²) in [5.74, 6) is -0.833. The summed E-state index contributed by atoms with van der Waals surface area (Å²) in [5.41, 5.74) is 7.56. The molecule has 0 atom stereocenters. The van der Waals surface area contributed by atoms with Gasteiger partial charge in [0.25, 0.3) is 11.8 Å². The molecule has 0 aliphatic carbocycles. The van der Waals surface area contributed by atoms with Crippen molar-refractivity contribution in [2.75, 3.05) is 9.80 Å². The number of fused-ring (bicyclic) bond motifs is 2. The van der Waals surface area contributed by atoms with E-state index in [1.807, 2.05) is 26.0 Å². The maximum atomic E-state index is 13.6. The molecular weight excluding hydrogens is 963 g/mol. The first kappa shape index (κ1) is 41.7. The number of hydrogen-bond donors (Lipinski definition) is 2. The summed E-state index contributed by atoms with van der Waals surface area (Å²) >= 11 is 29.2. The van der Waals surface area contributed by atoms with Crippen LogP contribution in [-0.4, -0.2) is 42.5 Å². The Balaban J connectivity index is 0.959. The molecule has 63 heavy (non-hydrogen) atoms. The number of aromatic nitrogens is 4. The number of thioether (sulfide) groups is 2. The van der Waals surface area contributed by atoms with E-state index in [2.05, 4.69) is 32.5 Å². The molecule has 2 amide bonds. The molecule has 0 bridgehead atoms. The van der Waals surface area contributed by atoms with Crippen LogP contribution in [0.2, 0.25) is 20.1 Å². The number of hydrogen-bond acceptors (Lipinski definition) is 14. The van der Waals surface area contributed by atoms with Crippen LogP contribution in [-0.2, 0) is 16.0 Å². The molecule has 20 heteroatoms. The molecule has 0 radical (unpaired) electrons. The second-order valence-corrected chi connectivity index (χ2v) is 19.9. The van der Waals surface area contributed by atoms with Crippen LogP contribution in [0.1, 0.15) is 33.4 Å². The fourth-order valence-corrected chi connectivity index (χ4v) is 11.5. The number of rotatable bonds is 8. The summed E-state index contributed by atoms with van der Waals surface area (Å²) in [6.45, 7) is 3.93. The third kappa shape index (κ3) is 7.67. The van der Waals surface area contributed by atoms with Crippen molar-refractivity contribution in [1.29, 1.82) is 10.8 Å². The summed E-state index contributed by atoms with van der Waals surface area (Å²) in [5, 5.41) is 40.0. The fraction of sp³-hybridized carbons (Fsp3) is 0.0698. The van der Waals surface area contributed by atoms with Crippen molar-refractivity contribution in [3.8, 4) is 21.1 Å². The Labute approximate surface area is 393 Å². The van der Waals surface area contributed by atoms with Crippen molar-refractivity contribution in [2.24, 2.45) is 0 Å². The van der Waals surface area contributed by atoms with Crippen molar-refractivity contribution in [2.45, 2.75) is 20.3 Å². The van der Waals surface area contributed by atoms with Gasteiger partial charge in [-0.3, -0.25) is 20.4 Å². The summed E-state index contributed by atoms with van der Waals surface area (Å²) in [4.78, 5) is 30.3. The molecule has 8 aromatic rings. The molecule has 2 N–H and O–H groups in total. The van der Waals surface area contributed by atoms with Crippen LogP contribution in [0.25, 0.3) is 55.2 Å². The first-order valence-electron chi connectivity index (χ1n) is 18.5. The third-order valence-electron chi connectivity index (χ3n) is 10.1. The summed E-state index contributed by atoms with van der Waals surface area (Å²) in [6, 6.07) is 18.1. The van der Waals surface area contributed by atoms with Crippen molar-refractivity contribution in [3.05, 3.63) is 136 Å². The first-order valence-corrected chi connectivity index (χ1v) is 23.3. The predicted molar refractivity (Wildman–Crippen MR) is 257 cm³/mol. The lowest BCUT2D eigenvalue weighted by atomic mass is 9.97. The van der Waals surface area contributed by atoms with Crippen LogP contribution in [0.15, 0.2) is 91.8 Å². The number of aryl methyl sites for hydroxylation is 2. The van der Waals surface area contributed by atoms with Gasteiger partial charge in [0.1, 0.15) is 11.2 Å². The Hall–Kier alpha value is -5.30. The van der Waals surface area contributed by atoms with Crippen LogP contribution in [0, 0.1) is 24.7 Å². The number of carbonyl (C=O) groups is 2.